The fourth-order valence-corrected chi connectivity index (χ4v) is 1.69. The van der Waals surface area contributed by atoms with Crippen molar-refractivity contribution in [3.05, 3.63) is 47.4 Å². The number of carbonyl (C=O) groups excluding carboxylic acids is 1. The highest BCUT2D eigenvalue weighted by molar-refractivity contribution is 6.34. The first-order chi connectivity index (χ1) is 9.13. The summed E-state index contributed by atoms with van der Waals surface area (Å²) < 4.78 is 0. The molecule has 0 aliphatic rings. The minimum absolute atomic E-state index is 0.128. The SMILES string of the molecule is CN(C(=O)c1nc(NN)ccc1Cl)c1cccnc1. The predicted octanol–water partition coefficient (Wildman–Crippen LogP) is 1.69. The number of nitrogens with zero attached hydrogens (tertiary/aromatic N) is 3. The van der Waals surface area contributed by atoms with Crippen LogP contribution in [0.1, 0.15) is 10.5 Å². The summed E-state index contributed by atoms with van der Waals surface area (Å²) in [6, 6.07) is 6.66. The van der Waals surface area contributed by atoms with E-state index in [4.69, 9.17) is 17.4 Å². The number of rotatable bonds is 3. The van der Waals surface area contributed by atoms with Crippen LogP contribution in [0.2, 0.25) is 5.02 Å². The molecule has 2 aromatic rings. The van der Waals surface area contributed by atoms with E-state index in [9.17, 15) is 4.79 Å². The number of carbonyl (C=O) groups is 1. The van der Waals surface area contributed by atoms with Gasteiger partial charge in [-0.2, -0.15) is 0 Å². The lowest BCUT2D eigenvalue weighted by Crippen LogP contribution is -2.28. The Labute approximate surface area is 115 Å². The Morgan fingerprint density at radius 2 is 2.21 bits per heavy atom. The molecule has 0 atom stereocenters. The minimum atomic E-state index is -0.338. The summed E-state index contributed by atoms with van der Waals surface area (Å²) in [5.41, 5.74) is 3.15. The van der Waals surface area contributed by atoms with E-state index >= 15 is 0 Å². The molecule has 0 aromatic carbocycles. The average Bonchev–Trinajstić information content (AvgIpc) is 2.47. The summed E-state index contributed by atoms with van der Waals surface area (Å²) in [4.78, 5) is 21.8. The third-order valence-corrected chi connectivity index (χ3v) is 2.84. The molecule has 0 saturated carbocycles. The molecule has 0 saturated heterocycles. The third-order valence-electron chi connectivity index (χ3n) is 2.53. The zero-order valence-electron chi connectivity index (χ0n) is 10.2. The van der Waals surface area contributed by atoms with Gasteiger partial charge < -0.3 is 10.3 Å². The molecule has 0 aliphatic heterocycles. The van der Waals surface area contributed by atoms with Crippen molar-refractivity contribution in [2.45, 2.75) is 0 Å². The van der Waals surface area contributed by atoms with Gasteiger partial charge in [0, 0.05) is 13.2 Å². The highest BCUT2D eigenvalue weighted by Gasteiger charge is 2.18. The van der Waals surface area contributed by atoms with E-state index in [1.165, 1.54) is 4.90 Å². The summed E-state index contributed by atoms with van der Waals surface area (Å²) in [7, 11) is 1.62. The smallest absolute Gasteiger partial charge is 0.278 e. The molecule has 0 unspecified atom stereocenters. The quantitative estimate of drug-likeness (QED) is 0.659. The van der Waals surface area contributed by atoms with Gasteiger partial charge in [0.1, 0.15) is 11.5 Å². The molecule has 2 heterocycles. The van der Waals surface area contributed by atoms with Crippen LogP contribution in [-0.2, 0) is 0 Å². The first-order valence-corrected chi connectivity index (χ1v) is 5.82. The van der Waals surface area contributed by atoms with Gasteiger partial charge in [-0.15, -0.1) is 0 Å². The number of amides is 1. The topological polar surface area (TPSA) is 84.1 Å². The van der Waals surface area contributed by atoms with E-state index in [0.29, 0.717) is 11.5 Å². The standard InChI is InChI=1S/C12H12ClN5O/c1-18(8-3-2-6-15-7-8)12(19)11-9(13)4-5-10(16-11)17-14/h2-7H,14H2,1H3,(H,16,17). The number of hydrazine groups is 1. The number of hydrogen-bond donors (Lipinski definition) is 2. The van der Waals surface area contributed by atoms with Crippen LogP contribution < -0.4 is 16.2 Å². The van der Waals surface area contributed by atoms with Crippen molar-refractivity contribution >= 4 is 29.0 Å². The molecule has 98 valence electrons. The van der Waals surface area contributed by atoms with Crippen molar-refractivity contribution in [2.24, 2.45) is 5.84 Å². The summed E-state index contributed by atoms with van der Waals surface area (Å²) >= 11 is 5.99. The Morgan fingerprint density at radius 1 is 1.42 bits per heavy atom. The van der Waals surface area contributed by atoms with E-state index < -0.39 is 0 Å². The Hall–Kier alpha value is -2.18. The van der Waals surface area contributed by atoms with Gasteiger partial charge in [0.05, 0.1) is 16.9 Å². The number of nitrogens with one attached hydrogen (secondary N) is 1. The maximum absolute atomic E-state index is 12.3. The van der Waals surface area contributed by atoms with Gasteiger partial charge in [0.15, 0.2) is 0 Å². The average molecular weight is 278 g/mol. The van der Waals surface area contributed by atoms with Crippen LogP contribution in [0.25, 0.3) is 0 Å². The van der Waals surface area contributed by atoms with E-state index in [0.717, 1.165) is 0 Å². The molecule has 3 N–H and O–H groups in total. The second-order valence-electron chi connectivity index (χ2n) is 3.75. The Bertz CT molecular complexity index is 590. The number of halogens is 1. The molecular weight excluding hydrogens is 266 g/mol. The van der Waals surface area contributed by atoms with E-state index in [1.54, 1.807) is 43.7 Å². The lowest BCUT2D eigenvalue weighted by molar-refractivity contribution is 0.0988. The molecule has 2 rings (SSSR count). The molecule has 1 amide bonds. The Morgan fingerprint density at radius 3 is 2.84 bits per heavy atom. The summed E-state index contributed by atoms with van der Waals surface area (Å²) in [5.74, 6) is 5.30. The van der Waals surface area contributed by atoms with Crippen molar-refractivity contribution in [3.8, 4) is 0 Å². The molecule has 0 spiro atoms. The van der Waals surface area contributed by atoms with Crippen molar-refractivity contribution in [1.82, 2.24) is 9.97 Å². The zero-order chi connectivity index (χ0) is 13.8. The zero-order valence-corrected chi connectivity index (χ0v) is 10.9. The van der Waals surface area contributed by atoms with E-state index in [1.807, 2.05) is 0 Å². The molecule has 0 bridgehead atoms. The number of pyridine rings is 2. The molecule has 19 heavy (non-hydrogen) atoms. The van der Waals surface area contributed by atoms with Crippen LogP contribution in [0.15, 0.2) is 36.7 Å². The monoisotopic (exact) mass is 277 g/mol. The largest absolute Gasteiger partial charge is 0.309 e. The number of aromatic nitrogens is 2. The van der Waals surface area contributed by atoms with Crippen LogP contribution in [0.3, 0.4) is 0 Å². The fourth-order valence-electron chi connectivity index (χ4n) is 1.50. The van der Waals surface area contributed by atoms with E-state index in [-0.39, 0.29) is 16.6 Å². The van der Waals surface area contributed by atoms with Crippen LogP contribution in [-0.4, -0.2) is 22.9 Å². The highest BCUT2D eigenvalue weighted by atomic mass is 35.5. The van der Waals surface area contributed by atoms with Gasteiger partial charge in [0.25, 0.3) is 5.91 Å². The van der Waals surface area contributed by atoms with Gasteiger partial charge >= 0.3 is 0 Å². The van der Waals surface area contributed by atoms with Crippen molar-refractivity contribution < 1.29 is 4.79 Å². The maximum Gasteiger partial charge on any atom is 0.278 e. The fraction of sp³-hybridized carbons (Fsp3) is 0.0833. The van der Waals surface area contributed by atoms with Crippen molar-refractivity contribution in [1.29, 1.82) is 0 Å². The number of hydrogen-bond acceptors (Lipinski definition) is 5. The van der Waals surface area contributed by atoms with Gasteiger partial charge in [-0.05, 0) is 24.3 Å². The van der Waals surface area contributed by atoms with E-state index in [2.05, 4.69) is 15.4 Å². The third kappa shape index (κ3) is 2.81. The van der Waals surface area contributed by atoms with Gasteiger partial charge in [-0.25, -0.2) is 10.8 Å². The number of nitrogens with two attached hydrogens (primary N) is 1. The second-order valence-corrected chi connectivity index (χ2v) is 4.15. The second kappa shape index (κ2) is 5.64. The first-order valence-electron chi connectivity index (χ1n) is 5.44. The molecule has 0 fully saturated rings. The van der Waals surface area contributed by atoms with Crippen molar-refractivity contribution in [3.63, 3.8) is 0 Å². The summed E-state index contributed by atoms with van der Waals surface area (Å²) in [6.07, 6.45) is 3.21. The first kappa shape index (κ1) is 13.3. The molecule has 0 aliphatic carbocycles. The van der Waals surface area contributed by atoms with Crippen LogP contribution in [0, 0.1) is 0 Å². The van der Waals surface area contributed by atoms with Crippen LogP contribution in [0.4, 0.5) is 11.5 Å². The summed E-state index contributed by atoms with van der Waals surface area (Å²) in [5, 5.41) is 0.264. The van der Waals surface area contributed by atoms with Gasteiger partial charge in [0.2, 0.25) is 0 Å². The highest BCUT2D eigenvalue weighted by Crippen LogP contribution is 2.20. The Kier molecular flexibility index (Phi) is 3.94. The maximum atomic E-state index is 12.3. The Balaban J connectivity index is 2.34. The minimum Gasteiger partial charge on any atom is -0.309 e. The lowest BCUT2D eigenvalue weighted by atomic mass is 10.3. The number of nitrogen functional groups attached to an aromatic ring is 1. The molecule has 0 radical (unpaired) electrons. The van der Waals surface area contributed by atoms with Crippen LogP contribution >= 0.6 is 11.6 Å². The van der Waals surface area contributed by atoms with Crippen molar-refractivity contribution in [2.75, 3.05) is 17.4 Å². The molecule has 7 heteroatoms. The number of anilines is 2. The molecule has 6 nitrogen and oxygen atoms in total. The molecule has 2 aromatic heterocycles. The molecular formula is C12H12ClN5O. The van der Waals surface area contributed by atoms with Crippen LogP contribution in [0.5, 0.6) is 0 Å². The predicted molar refractivity (Wildman–Crippen MR) is 74.0 cm³/mol. The normalized spacial score (nSPS) is 10.1. The summed E-state index contributed by atoms with van der Waals surface area (Å²) in [6.45, 7) is 0. The lowest BCUT2D eigenvalue weighted by Gasteiger charge is -2.17. The van der Waals surface area contributed by atoms with Gasteiger partial charge in [-0.1, -0.05) is 11.6 Å². The van der Waals surface area contributed by atoms with Gasteiger partial charge in [-0.3, -0.25) is 9.78 Å².